The molecule has 0 unspecified atom stereocenters. The van der Waals surface area contributed by atoms with Crippen molar-refractivity contribution >= 4 is 29.0 Å². The fourth-order valence-corrected chi connectivity index (χ4v) is 2.72. The van der Waals surface area contributed by atoms with Crippen molar-refractivity contribution in [3.05, 3.63) is 82.6 Å². The molecule has 2 aromatic carbocycles. The first-order valence-electron chi connectivity index (χ1n) is 7.80. The number of aryl methyl sites for hydroxylation is 1. The standard InChI is InChI=1S/C19H15ClFN3O2/c1-24-10-9-22-19(24)18(26)12-5-7-13(8-6-12)23-17(25)11-14-15(20)3-2-4-16(14)21/h2-10H,11H2,1H3,(H,23,25). The van der Waals surface area contributed by atoms with Gasteiger partial charge in [-0.25, -0.2) is 9.37 Å². The summed E-state index contributed by atoms with van der Waals surface area (Å²) in [6, 6.07) is 10.7. The number of hydrogen-bond donors (Lipinski definition) is 1. The fraction of sp³-hybridized carbons (Fsp3) is 0.105. The summed E-state index contributed by atoms with van der Waals surface area (Å²) in [7, 11) is 1.74. The second-order valence-electron chi connectivity index (χ2n) is 5.69. The molecule has 5 nitrogen and oxygen atoms in total. The number of anilines is 1. The zero-order chi connectivity index (χ0) is 18.7. The summed E-state index contributed by atoms with van der Waals surface area (Å²) < 4.78 is 15.4. The lowest BCUT2D eigenvalue weighted by Gasteiger charge is -2.08. The summed E-state index contributed by atoms with van der Waals surface area (Å²) in [6.45, 7) is 0. The van der Waals surface area contributed by atoms with Crippen LogP contribution in [0.25, 0.3) is 0 Å². The van der Waals surface area contributed by atoms with Crippen LogP contribution in [-0.4, -0.2) is 21.2 Å². The maximum atomic E-state index is 13.7. The molecule has 0 saturated carbocycles. The third-order valence-corrected chi connectivity index (χ3v) is 4.21. The van der Waals surface area contributed by atoms with E-state index in [1.54, 1.807) is 48.3 Å². The monoisotopic (exact) mass is 371 g/mol. The van der Waals surface area contributed by atoms with Crippen LogP contribution in [0.1, 0.15) is 21.7 Å². The highest BCUT2D eigenvalue weighted by Crippen LogP contribution is 2.20. The number of nitrogens with zero attached hydrogens (tertiary/aromatic N) is 2. The van der Waals surface area contributed by atoms with E-state index in [-0.39, 0.29) is 22.8 Å². The van der Waals surface area contributed by atoms with Crippen LogP contribution in [0.3, 0.4) is 0 Å². The van der Waals surface area contributed by atoms with Crippen molar-refractivity contribution in [1.29, 1.82) is 0 Å². The first-order valence-corrected chi connectivity index (χ1v) is 8.18. The molecule has 3 rings (SSSR count). The molecule has 3 aromatic rings. The van der Waals surface area contributed by atoms with Crippen molar-refractivity contribution in [3.8, 4) is 0 Å². The number of hydrogen-bond acceptors (Lipinski definition) is 3. The van der Waals surface area contributed by atoms with Crippen LogP contribution >= 0.6 is 11.6 Å². The number of halogens is 2. The van der Waals surface area contributed by atoms with Gasteiger partial charge < -0.3 is 9.88 Å². The molecule has 0 bridgehead atoms. The van der Waals surface area contributed by atoms with E-state index in [2.05, 4.69) is 10.3 Å². The van der Waals surface area contributed by atoms with Crippen LogP contribution in [0.2, 0.25) is 5.02 Å². The molecule has 0 aliphatic rings. The predicted octanol–water partition coefficient (Wildman–Crippen LogP) is 3.62. The summed E-state index contributed by atoms with van der Waals surface area (Å²) in [6.07, 6.45) is 3.06. The summed E-state index contributed by atoms with van der Waals surface area (Å²) in [5.41, 5.74) is 1.10. The third-order valence-electron chi connectivity index (χ3n) is 3.85. The highest BCUT2D eigenvalue weighted by molar-refractivity contribution is 6.31. The first-order chi connectivity index (χ1) is 12.5. The Morgan fingerprint density at radius 2 is 1.92 bits per heavy atom. The molecular formula is C19H15ClFN3O2. The second-order valence-corrected chi connectivity index (χ2v) is 6.10. The Labute approximate surface area is 154 Å². The van der Waals surface area contributed by atoms with Crippen LogP contribution in [-0.2, 0) is 18.3 Å². The summed E-state index contributed by atoms with van der Waals surface area (Å²) in [5.74, 6) is -0.812. The minimum atomic E-state index is -0.524. The molecular weight excluding hydrogens is 357 g/mol. The lowest BCUT2D eigenvalue weighted by Crippen LogP contribution is -2.15. The minimum absolute atomic E-state index is 0.147. The highest BCUT2D eigenvalue weighted by Gasteiger charge is 2.15. The lowest BCUT2D eigenvalue weighted by molar-refractivity contribution is -0.115. The van der Waals surface area contributed by atoms with Crippen molar-refractivity contribution in [2.45, 2.75) is 6.42 Å². The quantitative estimate of drug-likeness (QED) is 0.697. The maximum Gasteiger partial charge on any atom is 0.228 e. The molecule has 0 saturated heterocycles. The minimum Gasteiger partial charge on any atom is -0.331 e. The Bertz CT molecular complexity index is 947. The number of nitrogens with one attached hydrogen (secondary N) is 1. The molecule has 1 N–H and O–H groups in total. The summed E-state index contributed by atoms with van der Waals surface area (Å²) in [5, 5.41) is 2.87. The van der Waals surface area contributed by atoms with Crippen LogP contribution < -0.4 is 5.32 Å². The fourth-order valence-electron chi connectivity index (χ4n) is 2.49. The van der Waals surface area contributed by atoms with Gasteiger partial charge >= 0.3 is 0 Å². The molecule has 1 amide bonds. The first kappa shape index (κ1) is 17.8. The Balaban J connectivity index is 1.68. The van der Waals surface area contributed by atoms with Crippen molar-refractivity contribution in [3.63, 3.8) is 0 Å². The molecule has 0 fully saturated rings. The Kier molecular flexibility index (Phi) is 5.14. The van der Waals surface area contributed by atoms with Crippen LogP contribution in [0.4, 0.5) is 10.1 Å². The number of carbonyl (C=O) groups excluding carboxylic acids is 2. The molecule has 0 atom stereocenters. The van der Waals surface area contributed by atoms with Gasteiger partial charge in [0, 0.05) is 41.3 Å². The largest absolute Gasteiger partial charge is 0.331 e. The van der Waals surface area contributed by atoms with E-state index in [1.165, 1.54) is 18.2 Å². The van der Waals surface area contributed by atoms with Gasteiger partial charge in [-0.2, -0.15) is 0 Å². The maximum absolute atomic E-state index is 13.7. The van der Waals surface area contributed by atoms with Crippen molar-refractivity contribution in [2.75, 3.05) is 5.32 Å². The Morgan fingerprint density at radius 1 is 1.19 bits per heavy atom. The number of benzene rings is 2. The molecule has 0 aliphatic carbocycles. The van der Waals surface area contributed by atoms with Gasteiger partial charge in [0.2, 0.25) is 11.7 Å². The highest BCUT2D eigenvalue weighted by atomic mass is 35.5. The van der Waals surface area contributed by atoms with Gasteiger partial charge in [-0.3, -0.25) is 9.59 Å². The van der Waals surface area contributed by atoms with E-state index in [0.717, 1.165) is 0 Å². The summed E-state index contributed by atoms with van der Waals surface area (Å²) >= 11 is 5.93. The third kappa shape index (κ3) is 3.81. The molecule has 132 valence electrons. The molecule has 7 heteroatoms. The number of rotatable bonds is 5. The average Bonchev–Trinajstić information content (AvgIpc) is 3.04. The molecule has 0 radical (unpaired) electrons. The number of amides is 1. The molecule has 1 aromatic heterocycles. The smallest absolute Gasteiger partial charge is 0.228 e. The number of carbonyl (C=O) groups is 2. The van der Waals surface area contributed by atoms with Crippen molar-refractivity contribution < 1.29 is 14.0 Å². The summed E-state index contributed by atoms with van der Waals surface area (Å²) in [4.78, 5) is 28.5. The number of imidazole rings is 1. The van der Waals surface area contributed by atoms with Gasteiger partial charge in [0.15, 0.2) is 5.82 Å². The molecule has 1 heterocycles. The van der Waals surface area contributed by atoms with Crippen molar-refractivity contribution in [1.82, 2.24) is 9.55 Å². The Hall–Kier alpha value is -2.99. The zero-order valence-electron chi connectivity index (χ0n) is 13.9. The topological polar surface area (TPSA) is 64.0 Å². The van der Waals surface area contributed by atoms with E-state index >= 15 is 0 Å². The molecule has 0 spiro atoms. The van der Waals surface area contributed by atoms with Gasteiger partial charge in [0.25, 0.3) is 0 Å². The van der Waals surface area contributed by atoms with Crippen LogP contribution in [0.15, 0.2) is 54.9 Å². The molecule has 0 aliphatic heterocycles. The van der Waals surface area contributed by atoms with Gasteiger partial charge in [0.1, 0.15) is 5.82 Å². The lowest BCUT2D eigenvalue weighted by atomic mass is 10.1. The number of aromatic nitrogens is 2. The predicted molar refractivity (Wildman–Crippen MR) is 96.8 cm³/mol. The van der Waals surface area contributed by atoms with Crippen LogP contribution in [0, 0.1) is 5.82 Å². The van der Waals surface area contributed by atoms with Gasteiger partial charge in [-0.05, 0) is 36.4 Å². The average molecular weight is 372 g/mol. The van der Waals surface area contributed by atoms with Crippen LogP contribution in [0.5, 0.6) is 0 Å². The SMILES string of the molecule is Cn1ccnc1C(=O)c1ccc(NC(=O)Cc2c(F)cccc2Cl)cc1. The number of ketones is 1. The van der Waals surface area contributed by atoms with Gasteiger partial charge in [0.05, 0.1) is 6.42 Å². The van der Waals surface area contributed by atoms with Crippen molar-refractivity contribution in [2.24, 2.45) is 7.05 Å². The van der Waals surface area contributed by atoms with E-state index in [4.69, 9.17) is 11.6 Å². The second kappa shape index (κ2) is 7.49. The normalized spacial score (nSPS) is 10.6. The van der Waals surface area contributed by atoms with Gasteiger partial charge in [-0.15, -0.1) is 0 Å². The van der Waals surface area contributed by atoms with E-state index in [1.807, 2.05) is 0 Å². The van der Waals surface area contributed by atoms with E-state index < -0.39 is 11.7 Å². The Morgan fingerprint density at radius 3 is 2.54 bits per heavy atom. The van der Waals surface area contributed by atoms with Gasteiger partial charge in [-0.1, -0.05) is 17.7 Å². The molecule has 26 heavy (non-hydrogen) atoms. The van der Waals surface area contributed by atoms with E-state index in [9.17, 15) is 14.0 Å². The zero-order valence-corrected chi connectivity index (χ0v) is 14.6. The van der Waals surface area contributed by atoms with E-state index in [0.29, 0.717) is 17.1 Å².